The first kappa shape index (κ1) is 15.6. The molecule has 0 radical (unpaired) electrons. The maximum atomic E-state index is 12.1. The monoisotopic (exact) mass is 335 g/mol. The van der Waals surface area contributed by atoms with Gasteiger partial charge in [0.15, 0.2) is 0 Å². The van der Waals surface area contributed by atoms with Crippen LogP contribution in [0.5, 0.6) is 0 Å². The van der Waals surface area contributed by atoms with E-state index in [0.29, 0.717) is 17.5 Å². The zero-order valence-electron chi connectivity index (χ0n) is 12.5. The molecule has 1 unspecified atom stereocenters. The van der Waals surface area contributed by atoms with Crippen molar-refractivity contribution in [3.05, 3.63) is 40.8 Å². The molecule has 118 valence electrons. The summed E-state index contributed by atoms with van der Waals surface area (Å²) in [6, 6.07) is 6.12. The van der Waals surface area contributed by atoms with Crippen molar-refractivity contribution in [2.45, 2.75) is 37.0 Å². The third-order valence-corrected chi connectivity index (χ3v) is 6.31. The molecule has 1 aliphatic rings. The fraction of sp³-hybridized carbons (Fsp3) is 0.500. The van der Waals surface area contributed by atoms with Crippen molar-refractivity contribution in [2.24, 2.45) is 0 Å². The molecule has 0 aromatic carbocycles. The number of nitrogens with one attached hydrogen (secondary N) is 1. The Bertz CT molecular complexity index is 528. The van der Waals surface area contributed by atoms with Crippen LogP contribution in [0.3, 0.4) is 0 Å². The largest absolute Gasteiger partial charge is 0.353 e. The number of thiophene rings is 1. The zero-order chi connectivity index (χ0) is 15.2. The molecule has 2 aromatic rings. The van der Waals surface area contributed by atoms with Crippen molar-refractivity contribution in [3.63, 3.8) is 0 Å². The molecule has 1 aliphatic carbocycles. The quantitative estimate of drug-likeness (QED) is 0.844. The van der Waals surface area contributed by atoms with E-state index in [4.69, 9.17) is 0 Å². The van der Waals surface area contributed by atoms with E-state index in [9.17, 15) is 4.79 Å². The van der Waals surface area contributed by atoms with Crippen molar-refractivity contribution in [2.75, 3.05) is 12.3 Å². The first-order chi connectivity index (χ1) is 10.8. The Labute approximate surface area is 139 Å². The van der Waals surface area contributed by atoms with Crippen LogP contribution in [0.15, 0.2) is 36.0 Å². The average Bonchev–Trinajstić information content (AvgIpc) is 3.27. The van der Waals surface area contributed by atoms with Gasteiger partial charge >= 0.3 is 0 Å². The highest BCUT2D eigenvalue weighted by Crippen LogP contribution is 2.29. The van der Waals surface area contributed by atoms with E-state index in [1.165, 1.54) is 30.6 Å². The maximum Gasteiger partial charge on any atom is 0.230 e. The van der Waals surface area contributed by atoms with Gasteiger partial charge in [0.2, 0.25) is 5.91 Å². The normalized spacial score (nSPS) is 16.7. The smallest absolute Gasteiger partial charge is 0.230 e. The first-order valence-corrected chi connectivity index (χ1v) is 9.66. The molecule has 2 aromatic heterocycles. The van der Waals surface area contributed by atoms with Gasteiger partial charge in [-0.05, 0) is 30.4 Å². The van der Waals surface area contributed by atoms with E-state index in [-0.39, 0.29) is 11.9 Å². The van der Waals surface area contributed by atoms with Crippen molar-refractivity contribution in [3.8, 4) is 0 Å². The van der Waals surface area contributed by atoms with E-state index in [1.807, 2.05) is 23.0 Å². The van der Waals surface area contributed by atoms with Crippen molar-refractivity contribution < 1.29 is 4.79 Å². The van der Waals surface area contributed by atoms with Crippen molar-refractivity contribution in [1.29, 1.82) is 0 Å². The lowest BCUT2D eigenvalue weighted by atomic mass is 10.2. The van der Waals surface area contributed by atoms with E-state index >= 15 is 0 Å². The van der Waals surface area contributed by atoms with Gasteiger partial charge in [0.1, 0.15) is 6.04 Å². The van der Waals surface area contributed by atoms with Gasteiger partial charge in [-0.25, -0.2) is 0 Å². The molecule has 6 heteroatoms. The number of carbonyl (C=O) groups excluding carboxylic acids is 1. The summed E-state index contributed by atoms with van der Waals surface area (Å²) in [6.07, 6.45) is 8.90. The summed E-state index contributed by atoms with van der Waals surface area (Å²) in [7, 11) is 0. The summed E-state index contributed by atoms with van der Waals surface area (Å²) in [5.41, 5.74) is 0. The molecule has 0 bridgehead atoms. The van der Waals surface area contributed by atoms with E-state index in [1.54, 1.807) is 29.3 Å². The average molecular weight is 335 g/mol. The highest BCUT2D eigenvalue weighted by atomic mass is 32.2. The van der Waals surface area contributed by atoms with Gasteiger partial charge in [-0.15, -0.1) is 23.1 Å². The van der Waals surface area contributed by atoms with Crippen LogP contribution < -0.4 is 5.32 Å². The molecule has 22 heavy (non-hydrogen) atoms. The maximum absolute atomic E-state index is 12.1. The third-order valence-electron chi connectivity index (χ3n) is 3.96. The minimum atomic E-state index is 0.0791. The fourth-order valence-electron chi connectivity index (χ4n) is 2.78. The van der Waals surface area contributed by atoms with Gasteiger partial charge in [-0.2, -0.15) is 5.10 Å². The van der Waals surface area contributed by atoms with E-state index < -0.39 is 0 Å². The number of rotatable bonds is 7. The number of nitrogens with zero attached hydrogens (tertiary/aromatic N) is 2. The topological polar surface area (TPSA) is 46.9 Å². The number of hydrogen-bond acceptors (Lipinski definition) is 4. The predicted molar refractivity (Wildman–Crippen MR) is 92.4 cm³/mol. The molecule has 0 saturated heterocycles. The summed E-state index contributed by atoms with van der Waals surface area (Å²) >= 11 is 3.50. The number of carbonyl (C=O) groups is 1. The molecule has 1 saturated carbocycles. The summed E-state index contributed by atoms with van der Waals surface area (Å²) in [5.74, 6) is 0.701. The van der Waals surface area contributed by atoms with Crippen LogP contribution >= 0.6 is 23.1 Å². The lowest BCUT2D eigenvalue weighted by Crippen LogP contribution is -2.32. The first-order valence-electron chi connectivity index (χ1n) is 7.74. The lowest BCUT2D eigenvalue weighted by Gasteiger charge is -2.17. The Morgan fingerprint density at radius 2 is 2.32 bits per heavy atom. The molecular weight excluding hydrogens is 314 g/mol. The second-order valence-electron chi connectivity index (χ2n) is 5.54. The minimum absolute atomic E-state index is 0.0791. The van der Waals surface area contributed by atoms with E-state index in [0.717, 1.165) is 0 Å². The van der Waals surface area contributed by atoms with Crippen LogP contribution in [0.4, 0.5) is 0 Å². The molecule has 3 rings (SSSR count). The minimum Gasteiger partial charge on any atom is -0.353 e. The number of aromatic nitrogens is 2. The Morgan fingerprint density at radius 3 is 3.00 bits per heavy atom. The summed E-state index contributed by atoms with van der Waals surface area (Å²) in [5, 5.41) is 10.1. The SMILES string of the molecule is O=C(CSC1CCCC1)NCC(c1cccs1)n1cccn1. The second-order valence-corrected chi connectivity index (χ2v) is 7.81. The number of thioether (sulfide) groups is 1. The molecule has 0 spiro atoms. The van der Waals surface area contributed by atoms with Gasteiger partial charge in [-0.3, -0.25) is 9.48 Å². The van der Waals surface area contributed by atoms with Crippen LogP contribution in [-0.2, 0) is 4.79 Å². The van der Waals surface area contributed by atoms with Crippen molar-refractivity contribution >= 4 is 29.0 Å². The zero-order valence-corrected chi connectivity index (χ0v) is 14.1. The molecule has 1 N–H and O–H groups in total. The van der Waals surface area contributed by atoms with Gasteiger partial charge in [0.25, 0.3) is 0 Å². The summed E-state index contributed by atoms with van der Waals surface area (Å²) in [4.78, 5) is 13.3. The lowest BCUT2D eigenvalue weighted by molar-refractivity contribution is -0.118. The second kappa shape index (κ2) is 7.83. The van der Waals surface area contributed by atoms with Gasteiger partial charge in [0.05, 0.1) is 5.75 Å². The predicted octanol–water partition coefficient (Wildman–Crippen LogP) is 3.33. The Morgan fingerprint density at radius 1 is 1.45 bits per heavy atom. The fourth-order valence-corrected chi connectivity index (χ4v) is 4.76. The van der Waals surface area contributed by atoms with Gasteiger partial charge in [-0.1, -0.05) is 18.9 Å². The number of amides is 1. The van der Waals surface area contributed by atoms with Gasteiger partial charge in [0, 0.05) is 29.1 Å². The van der Waals surface area contributed by atoms with Crippen LogP contribution in [0.2, 0.25) is 0 Å². The highest BCUT2D eigenvalue weighted by Gasteiger charge is 2.19. The van der Waals surface area contributed by atoms with E-state index in [2.05, 4.69) is 21.9 Å². The molecule has 0 aliphatic heterocycles. The molecule has 2 heterocycles. The Kier molecular flexibility index (Phi) is 5.56. The van der Waals surface area contributed by atoms with Crippen LogP contribution in [0.1, 0.15) is 36.6 Å². The van der Waals surface area contributed by atoms with Crippen LogP contribution in [-0.4, -0.2) is 33.2 Å². The van der Waals surface area contributed by atoms with Crippen molar-refractivity contribution in [1.82, 2.24) is 15.1 Å². The summed E-state index contributed by atoms with van der Waals surface area (Å²) < 4.78 is 1.91. The Balaban J connectivity index is 1.52. The molecule has 1 fully saturated rings. The third kappa shape index (κ3) is 4.14. The summed E-state index contributed by atoms with van der Waals surface area (Å²) in [6.45, 7) is 0.590. The van der Waals surface area contributed by atoms with Gasteiger partial charge < -0.3 is 5.32 Å². The van der Waals surface area contributed by atoms with Crippen LogP contribution in [0, 0.1) is 0 Å². The molecule has 1 atom stereocenters. The molecular formula is C16H21N3OS2. The highest BCUT2D eigenvalue weighted by molar-refractivity contribution is 8.00. The Hall–Kier alpha value is -1.27. The number of hydrogen-bond donors (Lipinski definition) is 1. The molecule has 4 nitrogen and oxygen atoms in total. The standard InChI is InChI=1S/C16H21N3OS2/c20-16(12-22-13-5-1-2-6-13)17-11-14(15-7-3-10-21-15)19-9-4-8-18-19/h3-4,7-10,13-14H,1-2,5-6,11-12H2,(H,17,20). The molecule has 1 amide bonds. The van der Waals surface area contributed by atoms with Crippen LogP contribution in [0.25, 0.3) is 0 Å².